The van der Waals surface area contributed by atoms with E-state index in [-0.39, 0.29) is 5.56 Å². The van der Waals surface area contributed by atoms with Gasteiger partial charge in [0, 0.05) is 5.56 Å². The lowest BCUT2D eigenvalue weighted by atomic mass is 9.99. The molecule has 0 aromatic heterocycles. The van der Waals surface area contributed by atoms with Crippen LogP contribution in [0.4, 0.5) is 8.78 Å². The molecule has 0 spiro atoms. The first kappa shape index (κ1) is 14.5. The van der Waals surface area contributed by atoms with Crippen molar-refractivity contribution in [3.63, 3.8) is 0 Å². The third-order valence-corrected chi connectivity index (χ3v) is 2.95. The molecule has 0 bridgehead atoms. The van der Waals surface area contributed by atoms with Crippen molar-refractivity contribution in [1.82, 2.24) is 0 Å². The first-order valence-electron chi connectivity index (χ1n) is 6.48. The highest BCUT2D eigenvalue weighted by Crippen LogP contribution is 2.32. The number of hydrogen-bond acceptors (Lipinski definition) is 2. The number of hydrogen-bond donors (Lipinski definition) is 1. The van der Waals surface area contributed by atoms with E-state index in [1.54, 1.807) is 24.3 Å². The molecular weight excluding hydrogens is 262 g/mol. The van der Waals surface area contributed by atoms with E-state index in [4.69, 9.17) is 4.74 Å². The molecule has 106 valence electrons. The fraction of sp³-hybridized carbons (Fsp3) is 0.250. The molecule has 1 N–H and O–H groups in total. The maximum Gasteiger partial charge on any atom is 0.132 e. The quantitative estimate of drug-likeness (QED) is 0.900. The SMILES string of the molecule is CCCOc1ccccc1C(O)c1c(F)cccc1F. The Morgan fingerprint density at radius 3 is 2.35 bits per heavy atom. The molecule has 2 aromatic rings. The van der Waals surface area contributed by atoms with E-state index in [0.717, 1.165) is 18.6 Å². The van der Waals surface area contributed by atoms with E-state index in [1.165, 1.54) is 6.07 Å². The molecule has 0 heterocycles. The van der Waals surface area contributed by atoms with Gasteiger partial charge >= 0.3 is 0 Å². The van der Waals surface area contributed by atoms with E-state index in [9.17, 15) is 13.9 Å². The summed E-state index contributed by atoms with van der Waals surface area (Å²) in [4.78, 5) is 0. The average molecular weight is 278 g/mol. The predicted molar refractivity (Wildman–Crippen MR) is 72.6 cm³/mol. The van der Waals surface area contributed by atoms with Crippen molar-refractivity contribution in [2.24, 2.45) is 0 Å². The van der Waals surface area contributed by atoms with Crippen molar-refractivity contribution >= 4 is 0 Å². The summed E-state index contributed by atoms with van der Waals surface area (Å²) in [6.07, 6.45) is -0.595. The number of benzene rings is 2. The number of rotatable bonds is 5. The molecule has 0 radical (unpaired) electrons. The number of aliphatic hydroxyl groups is 1. The monoisotopic (exact) mass is 278 g/mol. The molecule has 1 unspecified atom stereocenters. The Labute approximate surface area is 116 Å². The topological polar surface area (TPSA) is 29.5 Å². The van der Waals surface area contributed by atoms with Gasteiger partial charge in [-0.05, 0) is 24.6 Å². The van der Waals surface area contributed by atoms with Crippen LogP contribution in [0.15, 0.2) is 42.5 Å². The summed E-state index contributed by atoms with van der Waals surface area (Å²) < 4.78 is 33.0. The van der Waals surface area contributed by atoms with Gasteiger partial charge in [0.15, 0.2) is 0 Å². The number of aliphatic hydroxyl groups excluding tert-OH is 1. The van der Waals surface area contributed by atoms with Crippen LogP contribution in [0.3, 0.4) is 0 Å². The van der Waals surface area contributed by atoms with Crippen LogP contribution in [0.5, 0.6) is 5.75 Å². The maximum atomic E-state index is 13.7. The van der Waals surface area contributed by atoms with Crippen molar-refractivity contribution in [1.29, 1.82) is 0 Å². The van der Waals surface area contributed by atoms with Crippen molar-refractivity contribution < 1.29 is 18.6 Å². The van der Waals surface area contributed by atoms with Crippen LogP contribution in [0, 0.1) is 11.6 Å². The second-order valence-electron chi connectivity index (χ2n) is 4.42. The molecule has 4 heteroatoms. The molecule has 2 nitrogen and oxygen atoms in total. The molecule has 1 atom stereocenters. The summed E-state index contributed by atoms with van der Waals surface area (Å²) in [5.41, 5.74) is -0.00926. The molecule has 0 saturated carbocycles. The smallest absolute Gasteiger partial charge is 0.132 e. The van der Waals surface area contributed by atoms with Crippen LogP contribution in [-0.2, 0) is 0 Å². The summed E-state index contributed by atoms with van der Waals surface area (Å²) in [5, 5.41) is 10.3. The molecule has 0 aliphatic rings. The fourth-order valence-electron chi connectivity index (χ4n) is 1.98. The minimum Gasteiger partial charge on any atom is -0.493 e. The first-order chi connectivity index (χ1) is 9.65. The van der Waals surface area contributed by atoms with Gasteiger partial charge in [-0.1, -0.05) is 31.2 Å². The summed E-state index contributed by atoms with van der Waals surface area (Å²) in [6, 6.07) is 10.2. The Morgan fingerprint density at radius 2 is 1.70 bits per heavy atom. The summed E-state index contributed by atoms with van der Waals surface area (Å²) in [5.74, 6) is -1.12. The van der Waals surface area contributed by atoms with E-state index < -0.39 is 17.7 Å². The highest BCUT2D eigenvalue weighted by atomic mass is 19.1. The molecule has 0 fully saturated rings. The average Bonchev–Trinajstić information content (AvgIpc) is 2.45. The van der Waals surface area contributed by atoms with Crippen molar-refractivity contribution in [3.8, 4) is 5.75 Å². The Bertz CT molecular complexity index is 564. The normalized spacial score (nSPS) is 12.2. The van der Waals surface area contributed by atoms with Crippen molar-refractivity contribution in [2.45, 2.75) is 19.4 Å². The Morgan fingerprint density at radius 1 is 1.05 bits per heavy atom. The fourth-order valence-corrected chi connectivity index (χ4v) is 1.98. The predicted octanol–water partition coefficient (Wildman–Crippen LogP) is 3.84. The molecule has 2 aromatic carbocycles. The summed E-state index contributed by atoms with van der Waals surface area (Å²) in [7, 11) is 0. The van der Waals surface area contributed by atoms with Gasteiger partial charge in [0.05, 0.1) is 12.2 Å². The molecule has 0 saturated heterocycles. The lowest BCUT2D eigenvalue weighted by Gasteiger charge is -2.17. The van der Waals surface area contributed by atoms with Crippen LogP contribution >= 0.6 is 0 Å². The van der Waals surface area contributed by atoms with Gasteiger partial charge in [-0.2, -0.15) is 0 Å². The minimum atomic E-state index is -1.40. The number of ether oxygens (including phenoxy) is 1. The second kappa shape index (κ2) is 6.48. The Balaban J connectivity index is 2.40. The van der Waals surface area contributed by atoms with Crippen molar-refractivity contribution in [2.75, 3.05) is 6.61 Å². The van der Waals surface area contributed by atoms with E-state index in [1.807, 2.05) is 6.92 Å². The zero-order chi connectivity index (χ0) is 14.5. The molecule has 20 heavy (non-hydrogen) atoms. The van der Waals surface area contributed by atoms with Gasteiger partial charge in [0.25, 0.3) is 0 Å². The van der Waals surface area contributed by atoms with Gasteiger partial charge in [0.2, 0.25) is 0 Å². The summed E-state index contributed by atoms with van der Waals surface area (Å²) >= 11 is 0. The summed E-state index contributed by atoms with van der Waals surface area (Å²) in [6.45, 7) is 2.43. The van der Waals surface area contributed by atoms with Gasteiger partial charge in [-0.15, -0.1) is 0 Å². The molecule has 2 rings (SSSR count). The third-order valence-electron chi connectivity index (χ3n) is 2.95. The highest BCUT2D eigenvalue weighted by Gasteiger charge is 2.22. The van der Waals surface area contributed by atoms with Gasteiger partial charge in [-0.25, -0.2) is 8.78 Å². The van der Waals surface area contributed by atoms with E-state index in [2.05, 4.69) is 0 Å². The highest BCUT2D eigenvalue weighted by molar-refractivity contribution is 5.41. The van der Waals surface area contributed by atoms with Gasteiger partial charge < -0.3 is 9.84 Å². The molecular formula is C16H16F2O2. The first-order valence-corrected chi connectivity index (χ1v) is 6.48. The van der Waals surface area contributed by atoms with Gasteiger partial charge in [0.1, 0.15) is 23.5 Å². The molecule has 0 aliphatic carbocycles. The third kappa shape index (κ3) is 2.96. The van der Waals surface area contributed by atoms with Crippen LogP contribution in [0.1, 0.15) is 30.6 Å². The largest absolute Gasteiger partial charge is 0.493 e. The number of halogens is 2. The van der Waals surface area contributed by atoms with Crippen LogP contribution in [0.2, 0.25) is 0 Å². The van der Waals surface area contributed by atoms with Crippen LogP contribution < -0.4 is 4.74 Å². The van der Waals surface area contributed by atoms with Gasteiger partial charge in [-0.3, -0.25) is 0 Å². The second-order valence-corrected chi connectivity index (χ2v) is 4.42. The lowest BCUT2D eigenvalue weighted by Crippen LogP contribution is -2.08. The Hall–Kier alpha value is -1.94. The lowest BCUT2D eigenvalue weighted by molar-refractivity contribution is 0.200. The van der Waals surface area contributed by atoms with Crippen LogP contribution in [-0.4, -0.2) is 11.7 Å². The zero-order valence-corrected chi connectivity index (χ0v) is 11.1. The maximum absolute atomic E-state index is 13.7. The van der Waals surface area contributed by atoms with Crippen LogP contribution in [0.25, 0.3) is 0 Å². The van der Waals surface area contributed by atoms with E-state index >= 15 is 0 Å². The van der Waals surface area contributed by atoms with E-state index in [0.29, 0.717) is 17.9 Å². The zero-order valence-electron chi connectivity index (χ0n) is 11.1. The standard InChI is InChI=1S/C16H16F2O2/c1-2-10-20-14-9-4-3-6-11(14)16(19)15-12(17)7-5-8-13(15)18/h3-9,16,19H,2,10H2,1H3. The molecule has 0 amide bonds. The van der Waals surface area contributed by atoms with Crippen molar-refractivity contribution in [3.05, 3.63) is 65.2 Å². The minimum absolute atomic E-state index is 0.352. The molecule has 0 aliphatic heterocycles. The Kier molecular flexibility index (Phi) is 4.69. The number of para-hydroxylation sites is 1.